The Balaban J connectivity index is 1.43. The first-order chi connectivity index (χ1) is 19.1. The van der Waals surface area contributed by atoms with Gasteiger partial charge >= 0.3 is 12.1 Å². The summed E-state index contributed by atoms with van der Waals surface area (Å²) in [6.45, 7) is 5.90. The van der Waals surface area contributed by atoms with E-state index in [2.05, 4.69) is 41.2 Å². The molecule has 0 spiro atoms. The summed E-state index contributed by atoms with van der Waals surface area (Å²) in [7, 11) is 0. The lowest BCUT2D eigenvalue weighted by molar-refractivity contribution is 0.243. The molecule has 0 aromatic carbocycles. The van der Waals surface area contributed by atoms with Crippen molar-refractivity contribution in [2.24, 2.45) is 21.5 Å². The molecule has 2 rings (SSSR count). The Hall–Kier alpha value is -3.66. The second-order valence-electron chi connectivity index (χ2n) is 9.04. The number of anilines is 2. The molecule has 222 valence electrons. The predicted molar refractivity (Wildman–Crippen MR) is 164 cm³/mol. The smallest absolute Gasteiger partial charge is 0.321 e. The van der Waals surface area contributed by atoms with E-state index in [4.69, 9.17) is 22.9 Å². The monoisotopic (exact) mass is 594 g/mol. The van der Waals surface area contributed by atoms with Crippen LogP contribution in [0.1, 0.15) is 59.7 Å². The predicted octanol–water partition coefficient (Wildman–Crippen LogP) is 1.73. The van der Waals surface area contributed by atoms with Crippen LogP contribution < -0.4 is 44.2 Å². The van der Waals surface area contributed by atoms with Crippen molar-refractivity contribution >= 4 is 56.9 Å². The number of carbonyl (C=O) groups excluding carboxylic acids is 2. The van der Waals surface area contributed by atoms with Crippen LogP contribution >= 0.6 is 22.7 Å². The van der Waals surface area contributed by atoms with Crippen LogP contribution in [0.5, 0.6) is 0 Å². The van der Waals surface area contributed by atoms with E-state index in [1.807, 2.05) is 13.8 Å². The zero-order valence-corrected chi connectivity index (χ0v) is 24.8. The minimum Gasteiger partial charge on any atom is -0.375 e. The number of aryl methyl sites for hydroxylation is 4. The number of nitrogens with two attached hydrogens (primary N) is 4. The summed E-state index contributed by atoms with van der Waals surface area (Å²) >= 11 is 2.96. The molecule has 2 heterocycles. The van der Waals surface area contributed by atoms with Crippen LogP contribution in [0.25, 0.3) is 0 Å². The molecule has 0 aliphatic heterocycles. The van der Waals surface area contributed by atoms with Crippen molar-refractivity contribution in [2.75, 3.05) is 37.6 Å². The molecule has 0 bridgehead atoms. The average Bonchev–Trinajstić information content (AvgIpc) is 3.38. The highest BCUT2D eigenvalue weighted by Crippen LogP contribution is 2.21. The maximum Gasteiger partial charge on any atom is 0.321 e. The van der Waals surface area contributed by atoms with E-state index in [1.165, 1.54) is 22.7 Å². The van der Waals surface area contributed by atoms with E-state index >= 15 is 0 Å². The van der Waals surface area contributed by atoms with Gasteiger partial charge in [-0.2, -0.15) is 0 Å². The maximum absolute atomic E-state index is 11.9. The van der Waals surface area contributed by atoms with Gasteiger partial charge in [0.25, 0.3) is 0 Å². The summed E-state index contributed by atoms with van der Waals surface area (Å²) in [5, 5.41) is 11.7. The van der Waals surface area contributed by atoms with Crippen LogP contribution in [0.15, 0.2) is 9.98 Å². The second kappa shape index (κ2) is 17.8. The zero-order chi connectivity index (χ0) is 29.3. The maximum atomic E-state index is 11.9. The molecule has 0 saturated heterocycles. The summed E-state index contributed by atoms with van der Waals surface area (Å²) in [6, 6.07) is -0.762. The Bertz CT molecular complexity index is 1060. The Morgan fingerprint density at radius 1 is 0.700 bits per heavy atom. The van der Waals surface area contributed by atoms with Crippen molar-refractivity contribution in [1.29, 1.82) is 0 Å². The number of unbranched alkanes of at least 4 members (excludes halogenated alkanes) is 3. The molecule has 0 aliphatic carbocycles. The largest absolute Gasteiger partial charge is 0.375 e. The van der Waals surface area contributed by atoms with E-state index in [9.17, 15) is 9.59 Å². The number of aromatic nitrogens is 2. The Kier molecular flexibility index (Phi) is 14.5. The van der Waals surface area contributed by atoms with Crippen LogP contribution in [0.3, 0.4) is 0 Å². The van der Waals surface area contributed by atoms with E-state index in [0.717, 1.165) is 72.5 Å². The second-order valence-corrected chi connectivity index (χ2v) is 11.3. The molecule has 0 saturated carbocycles. The molecule has 2 aromatic heterocycles. The van der Waals surface area contributed by atoms with Gasteiger partial charge in [-0.25, -0.2) is 19.6 Å². The van der Waals surface area contributed by atoms with Gasteiger partial charge in [0.05, 0.1) is 11.4 Å². The Morgan fingerprint density at radius 2 is 1.10 bits per heavy atom. The first-order valence-electron chi connectivity index (χ1n) is 13.3. The van der Waals surface area contributed by atoms with E-state index in [-0.39, 0.29) is 24.0 Å². The lowest BCUT2D eigenvalue weighted by atomic mass is 10.2. The van der Waals surface area contributed by atoms with Gasteiger partial charge in [-0.3, -0.25) is 20.6 Å². The SMILES string of the molecule is Cc1nc(N)sc1CCCN=C(N)NC(=O)NCCCCCCNC(=O)NC(N)=NCCCc1sc(N)nc1C. The van der Waals surface area contributed by atoms with Gasteiger partial charge in [-0.1, -0.05) is 12.8 Å². The summed E-state index contributed by atoms with van der Waals surface area (Å²) in [5.74, 6) is 0.175. The number of carbonyl (C=O) groups is 2. The summed E-state index contributed by atoms with van der Waals surface area (Å²) in [4.78, 5) is 42.9. The Morgan fingerprint density at radius 3 is 1.45 bits per heavy atom. The minimum absolute atomic E-state index is 0.0877. The molecule has 0 atom stereocenters. The summed E-state index contributed by atoms with van der Waals surface area (Å²) in [6.07, 6.45) is 6.63. The molecule has 2 aromatic rings. The van der Waals surface area contributed by atoms with E-state index < -0.39 is 0 Å². The van der Waals surface area contributed by atoms with Crippen molar-refractivity contribution < 1.29 is 9.59 Å². The quantitative estimate of drug-likeness (QED) is 0.0856. The van der Waals surface area contributed by atoms with Crippen LogP contribution in [-0.4, -0.2) is 60.1 Å². The summed E-state index contributed by atoms with van der Waals surface area (Å²) < 4.78 is 0. The number of urea groups is 2. The molecule has 0 radical (unpaired) electrons. The molecule has 0 aliphatic rings. The standard InChI is InChI=1S/C24H42N12O2S2/c1-15-17(39-21(27)33-15)9-7-13-29-19(25)35-23(37)31-11-5-3-4-6-12-32-24(38)36-20(26)30-14-8-10-18-16(2)34-22(28)40-18/h3-14H2,1-2H3,(H2,27,33)(H2,28,34)(H4,25,29,31,35,37)(H4,26,30,32,36,38). The number of hydrogen-bond acceptors (Lipinski definition) is 10. The fourth-order valence-corrected chi connectivity index (χ4v) is 5.40. The number of rotatable bonds is 15. The first-order valence-corrected chi connectivity index (χ1v) is 14.9. The van der Waals surface area contributed by atoms with Gasteiger partial charge in [-0.15, -0.1) is 22.7 Å². The van der Waals surface area contributed by atoms with E-state index in [0.29, 0.717) is 36.4 Å². The van der Waals surface area contributed by atoms with Crippen molar-refractivity contribution in [3.05, 3.63) is 21.1 Å². The van der Waals surface area contributed by atoms with E-state index in [1.54, 1.807) is 0 Å². The lowest BCUT2D eigenvalue weighted by Crippen LogP contribution is -2.44. The van der Waals surface area contributed by atoms with Gasteiger partial charge < -0.3 is 33.6 Å². The highest BCUT2D eigenvalue weighted by Gasteiger charge is 2.07. The van der Waals surface area contributed by atoms with Crippen molar-refractivity contribution in [2.45, 2.75) is 65.2 Å². The third-order valence-electron chi connectivity index (χ3n) is 5.66. The van der Waals surface area contributed by atoms with Gasteiger partial charge in [-0.05, 0) is 52.4 Å². The molecule has 0 unspecified atom stereocenters. The highest BCUT2D eigenvalue weighted by molar-refractivity contribution is 7.15. The number of nitrogen functional groups attached to an aromatic ring is 2. The van der Waals surface area contributed by atoms with Crippen LogP contribution in [-0.2, 0) is 12.8 Å². The van der Waals surface area contributed by atoms with Gasteiger partial charge in [0.1, 0.15) is 0 Å². The number of amides is 4. The molecule has 16 heteroatoms. The third-order valence-corrected chi connectivity index (χ3v) is 7.76. The molecular formula is C24H42N12O2S2. The topological polar surface area (TPSA) is 237 Å². The van der Waals surface area contributed by atoms with Gasteiger partial charge in [0.15, 0.2) is 22.2 Å². The van der Waals surface area contributed by atoms with Crippen molar-refractivity contribution in [3.8, 4) is 0 Å². The van der Waals surface area contributed by atoms with Crippen LogP contribution in [0, 0.1) is 13.8 Å². The fourth-order valence-electron chi connectivity index (χ4n) is 3.65. The van der Waals surface area contributed by atoms with Gasteiger partial charge in [0.2, 0.25) is 0 Å². The average molecular weight is 595 g/mol. The first kappa shape index (κ1) is 32.6. The lowest BCUT2D eigenvalue weighted by Gasteiger charge is -2.08. The van der Waals surface area contributed by atoms with Crippen LogP contribution in [0.2, 0.25) is 0 Å². The molecule has 4 amide bonds. The van der Waals surface area contributed by atoms with Crippen molar-refractivity contribution in [1.82, 2.24) is 31.2 Å². The fraction of sp³-hybridized carbons (Fsp3) is 0.583. The summed E-state index contributed by atoms with van der Waals surface area (Å²) in [5.41, 5.74) is 24.8. The normalized spacial score (nSPS) is 11.8. The Labute approximate surface area is 242 Å². The number of guanidine groups is 2. The molecule has 0 fully saturated rings. The number of aliphatic imine (C=N–C) groups is 2. The van der Waals surface area contributed by atoms with Crippen molar-refractivity contribution in [3.63, 3.8) is 0 Å². The van der Waals surface area contributed by atoms with Crippen LogP contribution in [0.4, 0.5) is 19.9 Å². The number of thiazole rings is 2. The zero-order valence-electron chi connectivity index (χ0n) is 23.2. The molecule has 40 heavy (non-hydrogen) atoms. The minimum atomic E-state index is -0.381. The number of nitrogens with one attached hydrogen (secondary N) is 4. The van der Waals surface area contributed by atoms with Gasteiger partial charge in [0, 0.05) is 35.9 Å². The third kappa shape index (κ3) is 13.4. The number of hydrogen-bond donors (Lipinski definition) is 8. The molecular weight excluding hydrogens is 552 g/mol. The highest BCUT2D eigenvalue weighted by atomic mass is 32.1. The number of nitrogens with zero attached hydrogens (tertiary/aromatic N) is 4. The molecule has 14 nitrogen and oxygen atoms in total. The molecule has 12 N–H and O–H groups in total.